The highest BCUT2D eigenvalue weighted by atomic mass is 16.3. The number of aliphatic hydroxyl groups excluding tert-OH is 1. The third-order valence-electron chi connectivity index (χ3n) is 1.39. The number of fused-ring (bicyclic) bond motifs is 1. The summed E-state index contributed by atoms with van der Waals surface area (Å²) in [5.74, 6) is -0.581. The molecule has 2 aliphatic heterocycles. The second-order valence-corrected chi connectivity index (χ2v) is 2.22. The molecular weight excluding hydrogens is 164 g/mol. The van der Waals surface area contributed by atoms with Crippen LogP contribution in [-0.4, -0.2) is 34.9 Å². The molecule has 2 aliphatic rings. The van der Waals surface area contributed by atoms with Crippen molar-refractivity contribution in [1.82, 2.24) is 10.6 Å². The number of hydrogen-bond acceptors (Lipinski definition) is 4. The van der Waals surface area contributed by atoms with Crippen molar-refractivity contribution in [3.8, 4) is 0 Å². The smallest absolute Gasteiger partial charge is 0.347 e. The molecule has 7 nitrogen and oxygen atoms in total. The molecule has 1 unspecified atom stereocenters. The Morgan fingerprint density at radius 1 is 1.42 bits per heavy atom. The molecule has 0 aromatic rings. The standard InChI is InChI=1S/C5H4N4O3/c10-3-1-2(7-4(11)6-1)8-5(12)9-3/h5,12H,(H,9,10)(H,7,8,11). The first-order valence-corrected chi connectivity index (χ1v) is 3.13. The van der Waals surface area contributed by atoms with Gasteiger partial charge in [-0.3, -0.25) is 10.1 Å². The van der Waals surface area contributed by atoms with Crippen molar-refractivity contribution in [3.63, 3.8) is 0 Å². The highest BCUT2D eigenvalue weighted by Crippen LogP contribution is 2.01. The number of urea groups is 1. The SMILES string of the molecule is O=C1N=C2C(=O)NC(O)N=C2N1. The number of amidine groups is 1. The van der Waals surface area contributed by atoms with Gasteiger partial charge in [0.15, 0.2) is 11.5 Å². The summed E-state index contributed by atoms with van der Waals surface area (Å²) in [7, 11) is 0. The summed E-state index contributed by atoms with van der Waals surface area (Å²) in [5, 5.41) is 13.2. The van der Waals surface area contributed by atoms with E-state index in [1.807, 2.05) is 0 Å². The van der Waals surface area contributed by atoms with Gasteiger partial charge in [-0.05, 0) is 0 Å². The van der Waals surface area contributed by atoms with Gasteiger partial charge in [-0.2, -0.15) is 4.99 Å². The Labute approximate surface area is 66.2 Å². The summed E-state index contributed by atoms with van der Waals surface area (Å²) < 4.78 is 0. The average molecular weight is 168 g/mol. The van der Waals surface area contributed by atoms with E-state index in [0.29, 0.717) is 0 Å². The molecule has 0 aliphatic carbocycles. The van der Waals surface area contributed by atoms with Crippen LogP contribution in [0.4, 0.5) is 4.79 Å². The predicted octanol–water partition coefficient (Wildman–Crippen LogP) is -2.05. The van der Waals surface area contributed by atoms with Gasteiger partial charge in [-0.1, -0.05) is 0 Å². The average Bonchev–Trinajstić information content (AvgIpc) is 2.29. The Balaban J connectivity index is 2.44. The molecule has 7 heteroatoms. The molecule has 0 bridgehead atoms. The van der Waals surface area contributed by atoms with Gasteiger partial charge in [0, 0.05) is 0 Å². The lowest BCUT2D eigenvalue weighted by atomic mass is 10.3. The van der Waals surface area contributed by atoms with Gasteiger partial charge in [0.05, 0.1) is 0 Å². The molecule has 0 aromatic heterocycles. The van der Waals surface area contributed by atoms with Crippen LogP contribution in [0.3, 0.4) is 0 Å². The van der Waals surface area contributed by atoms with Crippen LogP contribution in [0.1, 0.15) is 0 Å². The molecule has 0 saturated heterocycles. The summed E-state index contributed by atoms with van der Waals surface area (Å²) in [6.07, 6.45) is -1.30. The van der Waals surface area contributed by atoms with Crippen molar-refractivity contribution in [2.45, 2.75) is 6.35 Å². The largest absolute Gasteiger partial charge is 0.355 e. The molecule has 0 aromatic carbocycles. The summed E-state index contributed by atoms with van der Waals surface area (Å²) in [6.45, 7) is 0. The third kappa shape index (κ3) is 0.873. The molecule has 3 N–H and O–H groups in total. The van der Waals surface area contributed by atoms with Crippen LogP contribution < -0.4 is 10.6 Å². The van der Waals surface area contributed by atoms with Gasteiger partial charge < -0.3 is 10.4 Å². The number of aliphatic hydroxyl groups is 1. The Morgan fingerprint density at radius 2 is 2.17 bits per heavy atom. The van der Waals surface area contributed by atoms with Crippen molar-refractivity contribution in [1.29, 1.82) is 0 Å². The summed E-state index contributed by atoms with van der Waals surface area (Å²) in [5.41, 5.74) is -0.0784. The Bertz CT molecular complexity index is 332. The number of carbonyl (C=O) groups excluding carboxylic acids is 2. The number of carbonyl (C=O) groups is 2. The first-order chi connectivity index (χ1) is 5.66. The molecule has 12 heavy (non-hydrogen) atoms. The number of nitrogens with zero attached hydrogens (tertiary/aromatic N) is 2. The highest BCUT2D eigenvalue weighted by Gasteiger charge is 2.32. The van der Waals surface area contributed by atoms with Crippen molar-refractivity contribution in [2.75, 3.05) is 0 Å². The molecule has 62 valence electrons. The van der Waals surface area contributed by atoms with Gasteiger partial charge in [-0.25, -0.2) is 9.79 Å². The zero-order chi connectivity index (χ0) is 8.72. The molecule has 2 heterocycles. The summed E-state index contributed by atoms with van der Waals surface area (Å²) >= 11 is 0. The lowest BCUT2D eigenvalue weighted by molar-refractivity contribution is -0.117. The van der Waals surface area contributed by atoms with E-state index in [0.717, 1.165) is 0 Å². The van der Waals surface area contributed by atoms with Gasteiger partial charge in [0.2, 0.25) is 6.35 Å². The summed E-state index contributed by atoms with van der Waals surface area (Å²) in [4.78, 5) is 28.4. The lowest BCUT2D eigenvalue weighted by Crippen LogP contribution is -2.48. The van der Waals surface area contributed by atoms with E-state index in [-0.39, 0.29) is 11.5 Å². The van der Waals surface area contributed by atoms with Crippen LogP contribution in [0.15, 0.2) is 9.98 Å². The molecule has 3 amide bonds. The third-order valence-corrected chi connectivity index (χ3v) is 1.39. The van der Waals surface area contributed by atoms with E-state index >= 15 is 0 Å². The van der Waals surface area contributed by atoms with Crippen LogP contribution in [0.2, 0.25) is 0 Å². The molecule has 0 radical (unpaired) electrons. The number of nitrogens with one attached hydrogen (secondary N) is 2. The van der Waals surface area contributed by atoms with Crippen molar-refractivity contribution < 1.29 is 14.7 Å². The zero-order valence-electron chi connectivity index (χ0n) is 5.74. The van der Waals surface area contributed by atoms with Gasteiger partial charge in [0.1, 0.15) is 0 Å². The minimum atomic E-state index is -1.30. The second kappa shape index (κ2) is 2.11. The number of amides is 3. The van der Waals surface area contributed by atoms with Gasteiger partial charge in [-0.15, -0.1) is 0 Å². The molecule has 2 rings (SSSR count). The normalized spacial score (nSPS) is 26.9. The highest BCUT2D eigenvalue weighted by molar-refractivity contribution is 6.70. The molecular formula is C5H4N4O3. The molecule has 0 spiro atoms. The Kier molecular flexibility index (Phi) is 1.22. The topological polar surface area (TPSA) is 103 Å². The van der Waals surface area contributed by atoms with E-state index in [2.05, 4.69) is 20.6 Å². The van der Waals surface area contributed by atoms with Gasteiger partial charge in [0.25, 0.3) is 5.91 Å². The van der Waals surface area contributed by atoms with Gasteiger partial charge >= 0.3 is 6.03 Å². The van der Waals surface area contributed by atoms with Crippen LogP contribution in [-0.2, 0) is 4.79 Å². The maximum Gasteiger partial charge on any atom is 0.347 e. The minimum Gasteiger partial charge on any atom is -0.355 e. The molecule has 0 fully saturated rings. The monoisotopic (exact) mass is 168 g/mol. The quantitative estimate of drug-likeness (QED) is 0.388. The van der Waals surface area contributed by atoms with Crippen LogP contribution in [0.5, 0.6) is 0 Å². The second-order valence-electron chi connectivity index (χ2n) is 2.22. The fourth-order valence-electron chi connectivity index (χ4n) is 0.935. The first-order valence-electron chi connectivity index (χ1n) is 3.13. The maximum absolute atomic E-state index is 11.0. The fraction of sp³-hybridized carbons (Fsp3) is 0.200. The van der Waals surface area contributed by atoms with E-state index < -0.39 is 18.3 Å². The van der Waals surface area contributed by atoms with Crippen LogP contribution >= 0.6 is 0 Å². The van der Waals surface area contributed by atoms with Crippen molar-refractivity contribution >= 4 is 23.5 Å². The minimum absolute atomic E-state index is 0.0243. The van der Waals surface area contributed by atoms with Crippen LogP contribution in [0, 0.1) is 0 Å². The van der Waals surface area contributed by atoms with E-state index in [1.165, 1.54) is 0 Å². The van der Waals surface area contributed by atoms with E-state index in [4.69, 9.17) is 5.11 Å². The Morgan fingerprint density at radius 3 is 2.92 bits per heavy atom. The Hall–Kier alpha value is -1.76. The van der Waals surface area contributed by atoms with E-state index in [9.17, 15) is 9.59 Å². The van der Waals surface area contributed by atoms with Crippen molar-refractivity contribution in [2.24, 2.45) is 9.98 Å². The van der Waals surface area contributed by atoms with Crippen molar-refractivity contribution in [3.05, 3.63) is 0 Å². The fourth-order valence-corrected chi connectivity index (χ4v) is 0.935. The molecule has 1 atom stereocenters. The maximum atomic E-state index is 11.0. The number of rotatable bonds is 0. The van der Waals surface area contributed by atoms with E-state index in [1.54, 1.807) is 0 Å². The zero-order valence-corrected chi connectivity index (χ0v) is 5.74. The first kappa shape index (κ1) is 6.92. The molecule has 0 saturated carbocycles. The predicted molar refractivity (Wildman–Crippen MR) is 37.6 cm³/mol. The number of aliphatic imine (C=N–C) groups is 2. The van der Waals surface area contributed by atoms with Crippen LogP contribution in [0.25, 0.3) is 0 Å². The lowest BCUT2D eigenvalue weighted by Gasteiger charge is -2.14. The summed E-state index contributed by atoms with van der Waals surface area (Å²) in [6, 6.07) is -0.645. The number of hydrogen-bond donors (Lipinski definition) is 3.